The molecule has 3 heterocycles. The van der Waals surface area contributed by atoms with Crippen LogP contribution in [0.5, 0.6) is 0 Å². The summed E-state index contributed by atoms with van der Waals surface area (Å²) in [6.07, 6.45) is 5.58. The summed E-state index contributed by atoms with van der Waals surface area (Å²) < 4.78 is 1.72. The highest BCUT2D eigenvalue weighted by Crippen LogP contribution is 2.32. The van der Waals surface area contributed by atoms with E-state index in [9.17, 15) is 0 Å². The summed E-state index contributed by atoms with van der Waals surface area (Å²) in [4.78, 5) is 11.2. The Hall–Kier alpha value is -1.85. The number of benzene rings is 1. The molecule has 0 saturated carbocycles. The standard InChI is InChI=1S/C17H16Cl2N5/c1-11-5-7-23(8-6-11)16-12-9-22-24(17(12)21-10-20-16)14-4-2-3-13(18)15(14)19/h2-4,9-10H,5-8H2,1H3. The minimum absolute atomic E-state index is 0.465. The molecule has 3 aromatic rings. The Balaban J connectivity index is 1.81. The SMILES string of the molecule is C[C]1CCN(c2ncnc3c2cnn3-c2cccc(Cl)c2Cl)CC1. The molecule has 1 aliphatic heterocycles. The van der Waals surface area contributed by atoms with E-state index in [4.69, 9.17) is 23.2 Å². The van der Waals surface area contributed by atoms with E-state index in [-0.39, 0.29) is 0 Å². The Bertz CT molecular complexity index is 884. The molecule has 1 radical (unpaired) electrons. The van der Waals surface area contributed by atoms with Crippen molar-refractivity contribution in [2.24, 2.45) is 0 Å². The third kappa shape index (κ3) is 2.62. The quantitative estimate of drug-likeness (QED) is 0.682. The van der Waals surface area contributed by atoms with Crippen molar-refractivity contribution >= 4 is 40.1 Å². The van der Waals surface area contributed by atoms with E-state index in [1.54, 1.807) is 23.3 Å². The maximum atomic E-state index is 6.34. The van der Waals surface area contributed by atoms with Crippen molar-refractivity contribution in [3.63, 3.8) is 0 Å². The Morgan fingerprint density at radius 3 is 2.67 bits per heavy atom. The number of hydrogen-bond donors (Lipinski definition) is 0. The fourth-order valence-corrected chi connectivity index (χ4v) is 3.39. The van der Waals surface area contributed by atoms with E-state index >= 15 is 0 Å². The number of piperidine rings is 1. The van der Waals surface area contributed by atoms with Crippen LogP contribution >= 0.6 is 23.2 Å². The van der Waals surface area contributed by atoms with Gasteiger partial charge in [0.25, 0.3) is 0 Å². The molecule has 0 aliphatic carbocycles. The molecule has 0 bridgehead atoms. The van der Waals surface area contributed by atoms with E-state index in [1.807, 2.05) is 12.1 Å². The van der Waals surface area contributed by atoms with Gasteiger partial charge in [-0.3, -0.25) is 0 Å². The van der Waals surface area contributed by atoms with Gasteiger partial charge in [-0.05, 0) is 30.9 Å². The molecule has 1 aromatic carbocycles. The predicted molar refractivity (Wildman–Crippen MR) is 97.0 cm³/mol. The van der Waals surface area contributed by atoms with Gasteiger partial charge < -0.3 is 4.90 Å². The number of fused-ring (bicyclic) bond motifs is 1. The topological polar surface area (TPSA) is 46.8 Å². The highest BCUT2D eigenvalue weighted by molar-refractivity contribution is 6.43. The highest BCUT2D eigenvalue weighted by Gasteiger charge is 2.21. The minimum atomic E-state index is 0.465. The van der Waals surface area contributed by atoms with Crippen molar-refractivity contribution in [2.75, 3.05) is 18.0 Å². The lowest BCUT2D eigenvalue weighted by atomic mass is 9.99. The number of hydrogen-bond acceptors (Lipinski definition) is 4. The minimum Gasteiger partial charge on any atom is -0.356 e. The average Bonchev–Trinajstić information content (AvgIpc) is 3.02. The summed E-state index contributed by atoms with van der Waals surface area (Å²) in [6.45, 7) is 4.16. The second-order valence-electron chi connectivity index (χ2n) is 6.01. The van der Waals surface area contributed by atoms with Crippen molar-refractivity contribution in [3.05, 3.63) is 46.7 Å². The van der Waals surface area contributed by atoms with Crippen molar-refractivity contribution in [1.82, 2.24) is 19.7 Å². The van der Waals surface area contributed by atoms with E-state index in [0.717, 1.165) is 42.8 Å². The van der Waals surface area contributed by atoms with Crippen LogP contribution in [0.25, 0.3) is 16.7 Å². The number of nitrogens with zero attached hydrogens (tertiary/aromatic N) is 5. The number of anilines is 1. The molecule has 123 valence electrons. The number of aromatic nitrogens is 4. The van der Waals surface area contributed by atoms with Gasteiger partial charge in [-0.2, -0.15) is 5.10 Å². The van der Waals surface area contributed by atoms with Crippen LogP contribution in [0.2, 0.25) is 10.0 Å². The zero-order chi connectivity index (χ0) is 16.7. The highest BCUT2D eigenvalue weighted by atomic mass is 35.5. The van der Waals surface area contributed by atoms with Crippen LogP contribution in [0.3, 0.4) is 0 Å². The molecule has 0 N–H and O–H groups in total. The zero-order valence-corrected chi connectivity index (χ0v) is 14.7. The lowest BCUT2D eigenvalue weighted by Gasteiger charge is -2.31. The average molecular weight is 361 g/mol. The van der Waals surface area contributed by atoms with Gasteiger partial charge >= 0.3 is 0 Å². The number of rotatable bonds is 2. The normalized spacial score (nSPS) is 16.0. The first-order chi connectivity index (χ1) is 11.6. The zero-order valence-electron chi connectivity index (χ0n) is 13.2. The first-order valence-electron chi connectivity index (χ1n) is 7.84. The Morgan fingerprint density at radius 2 is 1.88 bits per heavy atom. The van der Waals surface area contributed by atoms with Gasteiger partial charge in [-0.1, -0.05) is 36.2 Å². The largest absolute Gasteiger partial charge is 0.356 e. The molecule has 1 fully saturated rings. The van der Waals surface area contributed by atoms with Gasteiger partial charge in [0.05, 0.1) is 27.3 Å². The van der Waals surface area contributed by atoms with Crippen LogP contribution < -0.4 is 4.90 Å². The molecule has 1 saturated heterocycles. The molecular weight excluding hydrogens is 345 g/mol. The van der Waals surface area contributed by atoms with Gasteiger partial charge in [-0.25, -0.2) is 14.6 Å². The molecule has 0 unspecified atom stereocenters. The van der Waals surface area contributed by atoms with Crippen LogP contribution in [0.1, 0.15) is 19.8 Å². The van der Waals surface area contributed by atoms with Crippen molar-refractivity contribution < 1.29 is 0 Å². The van der Waals surface area contributed by atoms with Crippen LogP contribution in [-0.4, -0.2) is 32.8 Å². The first kappa shape index (κ1) is 15.7. The third-order valence-corrected chi connectivity index (χ3v) is 5.23. The lowest BCUT2D eigenvalue weighted by molar-refractivity contribution is 0.610. The van der Waals surface area contributed by atoms with E-state index in [0.29, 0.717) is 15.7 Å². The van der Waals surface area contributed by atoms with Gasteiger partial charge in [0.15, 0.2) is 5.65 Å². The summed E-state index contributed by atoms with van der Waals surface area (Å²) in [5.74, 6) is 2.47. The van der Waals surface area contributed by atoms with Gasteiger partial charge in [-0.15, -0.1) is 0 Å². The van der Waals surface area contributed by atoms with Crippen LogP contribution in [0, 0.1) is 5.92 Å². The van der Waals surface area contributed by atoms with Crippen molar-refractivity contribution in [1.29, 1.82) is 0 Å². The summed E-state index contributed by atoms with van der Waals surface area (Å²) in [5, 5.41) is 6.36. The second kappa shape index (κ2) is 6.22. The second-order valence-corrected chi connectivity index (χ2v) is 6.79. The monoisotopic (exact) mass is 360 g/mol. The Kier molecular flexibility index (Phi) is 4.06. The van der Waals surface area contributed by atoms with Crippen molar-refractivity contribution in [3.8, 4) is 5.69 Å². The molecule has 1 aliphatic rings. The first-order valence-corrected chi connectivity index (χ1v) is 8.60. The van der Waals surface area contributed by atoms with Crippen LogP contribution in [0.15, 0.2) is 30.7 Å². The molecule has 5 nitrogen and oxygen atoms in total. The third-order valence-electron chi connectivity index (χ3n) is 4.42. The molecule has 0 amide bonds. The smallest absolute Gasteiger partial charge is 0.168 e. The molecule has 0 spiro atoms. The van der Waals surface area contributed by atoms with E-state index < -0.39 is 0 Å². The summed E-state index contributed by atoms with van der Waals surface area (Å²) in [7, 11) is 0. The summed E-state index contributed by atoms with van der Waals surface area (Å²) in [5.41, 5.74) is 1.45. The Labute approximate surface area is 150 Å². The molecular formula is C17H16Cl2N5. The van der Waals surface area contributed by atoms with E-state index in [2.05, 4.69) is 26.9 Å². The summed E-state index contributed by atoms with van der Waals surface area (Å²) in [6, 6.07) is 5.48. The molecule has 0 atom stereocenters. The van der Waals surface area contributed by atoms with Gasteiger partial charge in [0.1, 0.15) is 12.1 Å². The van der Waals surface area contributed by atoms with Crippen LogP contribution in [-0.2, 0) is 0 Å². The maximum Gasteiger partial charge on any atom is 0.168 e. The molecule has 4 rings (SSSR count). The number of halogens is 2. The molecule has 7 heteroatoms. The fourth-order valence-electron chi connectivity index (χ4n) is 3.02. The lowest BCUT2D eigenvalue weighted by Crippen LogP contribution is -2.32. The maximum absolute atomic E-state index is 6.34. The van der Waals surface area contributed by atoms with Crippen LogP contribution in [0.4, 0.5) is 5.82 Å². The Morgan fingerprint density at radius 1 is 1.08 bits per heavy atom. The van der Waals surface area contributed by atoms with E-state index in [1.165, 1.54) is 5.92 Å². The summed E-state index contributed by atoms with van der Waals surface area (Å²) >= 11 is 12.5. The molecule has 2 aromatic heterocycles. The predicted octanol–water partition coefficient (Wildman–Crippen LogP) is 4.32. The van der Waals surface area contributed by atoms with Crippen molar-refractivity contribution in [2.45, 2.75) is 19.8 Å². The fraction of sp³-hybridized carbons (Fsp3) is 0.294. The van der Waals surface area contributed by atoms with Gasteiger partial charge in [0, 0.05) is 13.1 Å². The van der Waals surface area contributed by atoms with Gasteiger partial charge in [0.2, 0.25) is 0 Å². The molecule has 24 heavy (non-hydrogen) atoms.